The molecule has 0 spiro atoms. The maximum atomic E-state index is 9.50. The standard InChI is InChI=1S/C13H29N3O/c1-5-12-9-15(4)7-6-8-16(12)10-13(2,11-17)14-3/h12,14,17H,5-11H2,1-4H3. The zero-order valence-electron chi connectivity index (χ0n) is 11.9. The second kappa shape index (κ2) is 6.69. The summed E-state index contributed by atoms with van der Waals surface area (Å²) < 4.78 is 0. The number of nitrogens with zero attached hydrogens (tertiary/aromatic N) is 2. The predicted octanol–water partition coefficient (Wildman–Crippen LogP) is 0.373. The monoisotopic (exact) mass is 243 g/mol. The molecule has 1 heterocycles. The Morgan fingerprint density at radius 3 is 2.65 bits per heavy atom. The van der Waals surface area contributed by atoms with Gasteiger partial charge in [-0.25, -0.2) is 0 Å². The quantitative estimate of drug-likeness (QED) is 0.732. The third-order valence-corrected chi connectivity index (χ3v) is 4.00. The average molecular weight is 243 g/mol. The normalized spacial score (nSPS) is 27.7. The van der Waals surface area contributed by atoms with E-state index in [2.05, 4.69) is 36.0 Å². The van der Waals surface area contributed by atoms with Crippen LogP contribution in [0.2, 0.25) is 0 Å². The molecule has 102 valence electrons. The van der Waals surface area contributed by atoms with Crippen molar-refractivity contribution in [1.82, 2.24) is 15.1 Å². The first-order valence-electron chi connectivity index (χ1n) is 6.77. The Balaban J connectivity index is 2.65. The van der Waals surface area contributed by atoms with E-state index >= 15 is 0 Å². The van der Waals surface area contributed by atoms with Crippen LogP contribution in [0.1, 0.15) is 26.7 Å². The topological polar surface area (TPSA) is 38.7 Å². The number of hydrogen-bond donors (Lipinski definition) is 2. The van der Waals surface area contributed by atoms with E-state index in [1.165, 1.54) is 19.4 Å². The van der Waals surface area contributed by atoms with Gasteiger partial charge in [0.15, 0.2) is 0 Å². The molecule has 1 aliphatic rings. The van der Waals surface area contributed by atoms with Crippen LogP contribution in [-0.4, -0.2) is 73.4 Å². The fourth-order valence-corrected chi connectivity index (χ4v) is 2.54. The molecular formula is C13H29N3O. The summed E-state index contributed by atoms with van der Waals surface area (Å²) in [5, 5.41) is 12.7. The number of likely N-dealkylation sites (N-methyl/N-ethyl adjacent to an activating group) is 2. The van der Waals surface area contributed by atoms with Crippen molar-refractivity contribution in [3.8, 4) is 0 Å². The molecule has 0 aromatic heterocycles. The summed E-state index contributed by atoms with van der Waals surface area (Å²) >= 11 is 0. The number of nitrogens with one attached hydrogen (secondary N) is 1. The lowest BCUT2D eigenvalue weighted by Crippen LogP contribution is -2.55. The second-order valence-electron chi connectivity index (χ2n) is 5.62. The molecule has 0 radical (unpaired) electrons. The van der Waals surface area contributed by atoms with Crippen LogP contribution in [0, 0.1) is 0 Å². The first kappa shape index (κ1) is 14.9. The maximum Gasteiger partial charge on any atom is 0.0623 e. The smallest absolute Gasteiger partial charge is 0.0623 e. The highest BCUT2D eigenvalue weighted by Crippen LogP contribution is 2.15. The van der Waals surface area contributed by atoms with Gasteiger partial charge in [0, 0.05) is 19.1 Å². The number of aliphatic hydroxyl groups is 1. The predicted molar refractivity (Wildman–Crippen MR) is 72.3 cm³/mol. The van der Waals surface area contributed by atoms with Crippen molar-refractivity contribution >= 4 is 0 Å². The Bertz CT molecular complexity index is 219. The fourth-order valence-electron chi connectivity index (χ4n) is 2.54. The third-order valence-electron chi connectivity index (χ3n) is 4.00. The van der Waals surface area contributed by atoms with Crippen molar-refractivity contribution in [2.45, 2.75) is 38.3 Å². The van der Waals surface area contributed by atoms with Crippen molar-refractivity contribution in [1.29, 1.82) is 0 Å². The number of rotatable bonds is 5. The van der Waals surface area contributed by atoms with E-state index < -0.39 is 0 Å². The number of hydrogen-bond acceptors (Lipinski definition) is 4. The van der Waals surface area contributed by atoms with Crippen LogP contribution in [0.25, 0.3) is 0 Å². The molecule has 17 heavy (non-hydrogen) atoms. The minimum atomic E-state index is -0.184. The van der Waals surface area contributed by atoms with Gasteiger partial charge < -0.3 is 15.3 Å². The van der Waals surface area contributed by atoms with Gasteiger partial charge in [-0.2, -0.15) is 0 Å². The molecule has 0 amide bonds. The molecule has 4 nitrogen and oxygen atoms in total. The molecule has 2 unspecified atom stereocenters. The summed E-state index contributed by atoms with van der Waals surface area (Å²) in [4.78, 5) is 4.96. The van der Waals surface area contributed by atoms with Crippen LogP contribution in [0.4, 0.5) is 0 Å². The minimum Gasteiger partial charge on any atom is -0.394 e. The summed E-state index contributed by atoms with van der Waals surface area (Å²) in [5.74, 6) is 0. The van der Waals surface area contributed by atoms with E-state index in [1.54, 1.807) is 0 Å². The van der Waals surface area contributed by atoms with Gasteiger partial charge in [-0.05, 0) is 47.0 Å². The third kappa shape index (κ3) is 4.21. The Hall–Kier alpha value is -0.160. The van der Waals surface area contributed by atoms with Crippen LogP contribution in [-0.2, 0) is 0 Å². The minimum absolute atomic E-state index is 0.184. The number of aliphatic hydroxyl groups excluding tert-OH is 1. The first-order chi connectivity index (χ1) is 8.04. The van der Waals surface area contributed by atoms with Crippen molar-refractivity contribution in [3.05, 3.63) is 0 Å². The molecule has 0 saturated carbocycles. The summed E-state index contributed by atoms with van der Waals surface area (Å²) in [7, 11) is 4.14. The molecule has 0 aromatic carbocycles. The SMILES string of the molecule is CCC1CN(C)CCCN1CC(C)(CO)NC. The molecular weight excluding hydrogens is 214 g/mol. The Morgan fingerprint density at radius 1 is 1.41 bits per heavy atom. The average Bonchev–Trinajstić information content (AvgIpc) is 2.51. The van der Waals surface area contributed by atoms with Crippen molar-refractivity contribution in [3.63, 3.8) is 0 Å². The van der Waals surface area contributed by atoms with E-state index in [0.29, 0.717) is 6.04 Å². The molecule has 1 aliphatic heterocycles. The highest BCUT2D eigenvalue weighted by molar-refractivity contribution is 4.88. The summed E-state index contributed by atoms with van der Waals surface area (Å²) in [5.41, 5.74) is -0.184. The lowest BCUT2D eigenvalue weighted by atomic mass is 10.0. The Kier molecular flexibility index (Phi) is 5.86. The van der Waals surface area contributed by atoms with Gasteiger partial charge in [0.05, 0.1) is 12.1 Å². The maximum absolute atomic E-state index is 9.50. The van der Waals surface area contributed by atoms with Gasteiger partial charge in [0.25, 0.3) is 0 Å². The van der Waals surface area contributed by atoms with Crippen LogP contribution < -0.4 is 5.32 Å². The van der Waals surface area contributed by atoms with Gasteiger partial charge in [0.2, 0.25) is 0 Å². The van der Waals surface area contributed by atoms with Gasteiger partial charge >= 0.3 is 0 Å². The summed E-state index contributed by atoms with van der Waals surface area (Å²) in [6, 6.07) is 0.613. The summed E-state index contributed by atoms with van der Waals surface area (Å²) in [6.07, 6.45) is 2.40. The zero-order valence-corrected chi connectivity index (χ0v) is 11.9. The highest BCUT2D eigenvalue weighted by atomic mass is 16.3. The van der Waals surface area contributed by atoms with Crippen LogP contribution in [0.15, 0.2) is 0 Å². The molecule has 4 heteroatoms. The molecule has 0 aromatic rings. The van der Waals surface area contributed by atoms with E-state index in [-0.39, 0.29) is 12.1 Å². The fraction of sp³-hybridized carbons (Fsp3) is 1.00. The Labute approximate surface area is 106 Å². The van der Waals surface area contributed by atoms with E-state index in [1.807, 2.05) is 7.05 Å². The highest BCUT2D eigenvalue weighted by Gasteiger charge is 2.29. The van der Waals surface area contributed by atoms with Gasteiger partial charge in [-0.15, -0.1) is 0 Å². The molecule has 2 N–H and O–H groups in total. The second-order valence-corrected chi connectivity index (χ2v) is 5.62. The van der Waals surface area contributed by atoms with Gasteiger partial charge in [-0.3, -0.25) is 4.90 Å². The molecule has 1 fully saturated rings. The van der Waals surface area contributed by atoms with Crippen LogP contribution >= 0.6 is 0 Å². The zero-order chi connectivity index (χ0) is 12.9. The molecule has 2 atom stereocenters. The lowest BCUT2D eigenvalue weighted by molar-refractivity contribution is 0.0972. The lowest BCUT2D eigenvalue weighted by Gasteiger charge is -2.37. The van der Waals surface area contributed by atoms with E-state index in [4.69, 9.17) is 0 Å². The van der Waals surface area contributed by atoms with E-state index in [0.717, 1.165) is 19.6 Å². The summed E-state index contributed by atoms with van der Waals surface area (Å²) in [6.45, 7) is 8.92. The van der Waals surface area contributed by atoms with Crippen LogP contribution in [0.5, 0.6) is 0 Å². The van der Waals surface area contributed by atoms with Crippen molar-refractivity contribution in [2.75, 3.05) is 46.9 Å². The van der Waals surface area contributed by atoms with Crippen molar-refractivity contribution < 1.29 is 5.11 Å². The molecule has 0 aliphatic carbocycles. The van der Waals surface area contributed by atoms with Gasteiger partial charge in [-0.1, -0.05) is 6.92 Å². The molecule has 1 rings (SSSR count). The van der Waals surface area contributed by atoms with Crippen molar-refractivity contribution in [2.24, 2.45) is 0 Å². The van der Waals surface area contributed by atoms with E-state index in [9.17, 15) is 5.11 Å². The molecule has 0 bridgehead atoms. The first-order valence-corrected chi connectivity index (χ1v) is 6.77. The largest absolute Gasteiger partial charge is 0.394 e. The molecule has 1 saturated heterocycles. The Morgan fingerprint density at radius 2 is 2.12 bits per heavy atom. The van der Waals surface area contributed by atoms with Crippen LogP contribution in [0.3, 0.4) is 0 Å². The van der Waals surface area contributed by atoms with Gasteiger partial charge in [0.1, 0.15) is 0 Å².